The van der Waals surface area contributed by atoms with Crippen molar-refractivity contribution in [3.63, 3.8) is 0 Å². The average Bonchev–Trinajstić information content (AvgIpc) is 2.77. The number of hydrogen-bond acceptors (Lipinski definition) is 3. The van der Waals surface area contributed by atoms with E-state index in [4.69, 9.17) is 9.47 Å². The molecule has 0 saturated heterocycles. The van der Waals surface area contributed by atoms with Gasteiger partial charge in [0.2, 0.25) is 6.79 Å². The van der Waals surface area contributed by atoms with Gasteiger partial charge in [0.1, 0.15) is 0 Å². The Morgan fingerprint density at radius 1 is 1.32 bits per heavy atom. The van der Waals surface area contributed by atoms with Crippen molar-refractivity contribution in [1.82, 2.24) is 5.32 Å². The van der Waals surface area contributed by atoms with Crippen LogP contribution < -0.4 is 14.8 Å². The van der Waals surface area contributed by atoms with Gasteiger partial charge in [0.05, 0.1) is 11.0 Å². The lowest BCUT2D eigenvalue weighted by atomic mass is 10.2. The highest BCUT2D eigenvalue weighted by atomic mass is 79.9. The van der Waals surface area contributed by atoms with E-state index in [1.807, 2.05) is 0 Å². The maximum Gasteiger partial charge on any atom is 0.319 e. The first-order chi connectivity index (χ1) is 8.90. The normalized spacial score (nSPS) is 14.2. The molecule has 1 N–H and O–H groups in total. The molecule has 0 radical (unpaired) electrons. The first-order valence-corrected chi connectivity index (χ1v) is 6.14. The van der Waals surface area contributed by atoms with Crippen molar-refractivity contribution < 1.29 is 27.0 Å². The van der Waals surface area contributed by atoms with Crippen molar-refractivity contribution in [1.29, 1.82) is 0 Å². The molecule has 1 aromatic carbocycles. The van der Waals surface area contributed by atoms with Gasteiger partial charge in [-0.05, 0) is 33.6 Å². The second-order valence-corrected chi connectivity index (χ2v) is 4.83. The Morgan fingerprint density at radius 3 is 2.74 bits per heavy atom. The lowest BCUT2D eigenvalue weighted by Gasteiger charge is -2.16. The van der Waals surface area contributed by atoms with Gasteiger partial charge in [-0.2, -0.15) is 8.78 Å². The zero-order valence-electron chi connectivity index (χ0n) is 9.56. The summed E-state index contributed by atoms with van der Waals surface area (Å²) in [5.41, 5.74) is 0.626. The standard InChI is InChI=1S/C11H10BrF4NO2/c12-7-1-6(2-8-9(7)19-5-18-8)3-17-4-11(15,16)10(13)14/h1-2,10,17H,3-5H2. The van der Waals surface area contributed by atoms with Crippen molar-refractivity contribution in [3.05, 3.63) is 22.2 Å². The summed E-state index contributed by atoms with van der Waals surface area (Å²) in [6.45, 7) is -0.970. The highest BCUT2D eigenvalue weighted by Crippen LogP contribution is 2.39. The number of alkyl halides is 4. The summed E-state index contributed by atoms with van der Waals surface area (Å²) in [6.07, 6.45) is -3.68. The van der Waals surface area contributed by atoms with Crippen LogP contribution in [0.25, 0.3) is 0 Å². The molecule has 1 aromatic rings. The Labute approximate surface area is 115 Å². The molecule has 0 spiro atoms. The van der Waals surface area contributed by atoms with Crippen LogP contribution in [-0.2, 0) is 6.54 Å². The topological polar surface area (TPSA) is 30.5 Å². The van der Waals surface area contributed by atoms with Crippen LogP contribution in [0.1, 0.15) is 5.56 Å². The predicted molar refractivity (Wildman–Crippen MR) is 62.9 cm³/mol. The van der Waals surface area contributed by atoms with Gasteiger partial charge in [0, 0.05) is 6.54 Å². The van der Waals surface area contributed by atoms with Crippen LogP contribution in [0.15, 0.2) is 16.6 Å². The molecule has 106 valence electrons. The van der Waals surface area contributed by atoms with E-state index in [9.17, 15) is 17.6 Å². The summed E-state index contributed by atoms with van der Waals surface area (Å²) in [5.74, 6) is -3.00. The highest BCUT2D eigenvalue weighted by molar-refractivity contribution is 9.10. The zero-order chi connectivity index (χ0) is 14.0. The van der Waals surface area contributed by atoms with Gasteiger partial charge in [-0.25, -0.2) is 8.78 Å². The summed E-state index contributed by atoms with van der Waals surface area (Å²) >= 11 is 3.25. The lowest BCUT2D eigenvalue weighted by molar-refractivity contribution is -0.125. The molecule has 0 amide bonds. The molecular weight excluding hydrogens is 334 g/mol. The monoisotopic (exact) mass is 343 g/mol. The number of fused-ring (bicyclic) bond motifs is 1. The van der Waals surface area contributed by atoms with Crippen molar-refractivity contribution in [3.8, 4) is 11.5 Å². The van der Waals surface area contributed by atoms with Gasteiger partial charge in [-0.15, -0.1) is 0 Å². The maximum absolute atomic E-state index is 12.7. The number of ether oxygens (including phenoxy) is 2. The molecule has 19 heavy (non-hydrogen) atoms. The van der Waals surface area contributed by atoms with Crippen LogP contribution in [0.3, 0.4) is 0 Å². The predicted octanol–water partition coefficient (Wildman–Crippen LogP) is 3.17. The number of hydrogen-bond donors (Lipinski definition) is 1. The maximum atomic E-state index is 12.7. The lowest BCUT2D eigenvalue weighted by Crippen LogP contribution is -2.38. The molecule has 8 heteroatoms. The summed E-state index contributed by atoms with van der Waals surface area (Å²) in [7, 11) is 0. The molecule has 0 fully saturated rings. The summed E-state index contributed by atoms with van der Waals surface area (Å²) in [6, 6.07) is 3.27. The van der Waals surface area contributed by atoms with Crippen LogP contribution in [0.2, 0.25) is 0 Å². The Kier molecular flexibility index (Phi) is 4.19. The van der Waals surface area contributed by atoms with E-state index >= 15 is 0 Å². The Balaban J connectivity index is 1.96. The minimum Gasteiger partial charge on any atom is -0.454 e. The van der Waals surface area contributed by atoms with Crippen LogP contribution in [0.5, 0.6) is 11.5 Å². The number of benzene rings is 1. The fourth-order valence-corrected chi connectivity index (χ4v) is 2.18. The van der Waals surface area contributed by atoms with E-state index in [1.54, 1.807) is 12.1 Å². The molecule has 1 heterocycles. The molecule has 3 nitrogen and oxygen atoms in total. The molecule has 0 atom stereocenters. The second kappa shape index (κ2) is 5.54. The van der Waals surface area contributed by atoms with Gasteiger partial charge in [0.15, 0.2) is 11.5 Å². The molecule has 0 saturated carbocycles. The number of rotatable bonds is 5. The van der Waals surface area contributed by atoms with Crippen molar-refractivity contribution in [2.45, 2.75) is 18.9 Å². The fourth-order valence-electron chi connectivity index (χ4n) is 1.57. The number of halogens is 5. The smallest absolute Gasteiger partial charge is 0.319 e. The van der Waals surface area contributed by atoms with Crippen LogP contribution in [-0.4, -0.2) is 25.7 Å². The van der Waals surface area contributed by atoms with E-state index in [1.165, 1.54) is 0 Å². The Morgan fingerprint density at radius 2 is 2.05 bits per heavy atom. The van der Waals surface area contributed by atoms with E-state index in [0.717, 1.165) is 0 Å². The minimum atomic E-state index is -4.03. The molecule has 0 aromatic heterocycles. The molecule has 0 aliphatic carbocycles. The largest absolute Gasteiger partial charge is 0.454 e. The van der Waals surface area contributed by atoms with Crippen molar-refractivity contribution in [2.75, 3.05) is 13.3 Å². The average molecular weight is 344 g/mol. The third-order valence-corrected chi connectivity index (χ3v) is 3.09. The SMILES string of the molecule is FC(F)C(F)(F)CNCc1cc(Br)c2c(c1)OCO2. The Bertz CT molecular complexity index is 470. The molecular formula is C11H10BrF4NO2. The zero-order valence-corrected chi connectivity index (χ0v) is 11.1. The van der Waals surface area contributed by atoms with Crippen LogP contribution in [0.4, 0.5) is 17.6 Å². The van der Waals surface area contributed by atoms with Crippen molar-refractivity contribution in [2.24, 2.45) is 0 Å². The third kappa shape index (κ3) is 3.30. The fraction of sp³-hybridized carbons (Fsp3) is 0.455. The summed E-state index contributed by atoms with van der Waals surface area (Å²) in [5, 5.41) is 2.29. The quantitative estimate of drug-likeness (QED) is 0.833. The summed E-state index contributed by atoms with van der Waals surface area (Å²) < 4.78 is 60.2. The first-order valence-electron chi connectivity index (χ1n) is 5.35. The molecule has 1 aliphatic heterocycles. The Hall–Kier alpha value is -1.02. The van der Waals surface area contributed by atoms with Crippen LogP contribution in [0, 0.1) is 0 Å². The van der Waals surface area contributed by atoms with Gasteiger partial charge in [-0.3, -0.25) is 0 Å². The van der Waals surface area contributed by atoms with Crippen molar-refractivity contribution >= 4 is 15.9 Å². The molecule has 0 bridgehead atoms. The first kappa shape index (κ1) is 14.4. The van der Waals surface area contributed by atoms with Gasteiger partial charge in [0.25, 0.3) is 0 Å². The molecule has 1 aliphatic rings. The summed E-state index contributed by atoms with van der Waals surface area (Å²) in [4.78, 5) is 0. The third-order valence-electron chi connectivity index (χ3n) is 2.50. The second-order valence-electron chi connectivity index (χ2n) is 3.98. The van der Waals surface area contributed by atoms with Crippen LogP contribution >= 0.6 is 15.9 Å². The number of nitrogens with one attached hydrogen (secondary N) is 1. The van der Waals surface area contributed by atoms with E-state index < -0.39 is 18.9 Å². The van der Waals surface area contributed by atoms with Gasteiger partial charge >= 0.3 is 12.3 Å². The van der Waals surface area contributed by atoms with Gasteiger partial charge in [-0.1, -0.05) is 0 Å². The highest BCUT2D eigenvalue weighted by Gasteiger charge is 2.39. The minimum absolute atomic E-state index is 0.0253. The van der Waals surface area contributed by atoms with Gasteiger partial charge < -0.3 is 14.8 Å². The molecule has 2 rings (SSSR count). The van der Waals surface area contributed by atoms with E-state index in [0.29, 0.717) is 21.5 Å². The molecule has 0 unspecified atom stereocenters. The van der Waals surface area contributed by atoms with E-state index in [2.05, 4.69) is 21.2 Å². The van der Waals surface area contributed by atoms with E-state index in [-0.39, 0.29) is 13.3 Å².